The summed E-state index contributed by atoms with van der Waals surface area (Å²) in [5.41, 5.74) is 6.20. The molecular formula is C22H27N3O3. The number of allylic oxidation sites excluding steroid dienone is 4. The molecule has 6 heteroatoms. The molecule has 148 valence electrons. The molecule has 1 aliphatic carbocycles. The predicted octanol–water partition coefficient (Wildman–Crippen LogP) is 2.62. The highest BCUT2D eigenvalue weighted by atomic mass is 16.5. The SMILES string of the molecule is CC1CC(CN[C@@H](CO)Cc2c[nH]c3ccccc23)=CC=C1/C=C/C(=O)NO. The first-order valence-corrected chi connectivity index (χ1v) is 9.51. The highest BCUT2D eigenvalue weighted by Gasteiger charge is 2.16. The Labute approximate surface area is 164 Å². The molecule has 0 bridgehead atoms. The van der Waals surface area contributed by atoms with Crippen LogP contribution in [0.4, 0.5) is 0 Å². The number of amides is 1. The number of hydroxylamine groups is 1. The van der Waals surface area contributed by atoms with Crippen molar-refractivity contribution in [3.8, 4) is 0 Å². The summed E-state index contributed by atoms with van der Waals surface area (Å²) in [5.74, 6) is -0.252. The second kappa shape index (κ2) is 9.50. The van der Waals surface area contributed by atoms with Gasteiger partial charge in [-0.3, -0.25) is 10.0 Å². The molecule has 0 saturated carbocycles. The summed E-state index contributed by atoms with van der Waals surface area (Å²) in [6.07, 6.45) is 10.8. The summed E-state index contributed by atoms with van der Waals surface area (Å²) in [6, 6.07) is 8.16. The van der Waals surface area contributed by atoms with E-state index in [1.54, 1.807) is 11.6 Å². The van der Waals surface area contributed by atoms with Crippen LogP contribution in [0.1, 0.15) is 18.9 Å². The average Bonchev–Trinajstić information content (AvgIpc) is 3.13. The monoisotopic (exact) mass is 381 g/mol. The van der Waals surface area contributed by atoms with Crippen LogP contribution in [0.5, 0.6) is 0 Å². The van der Waals surface area contributed by atoms with Crippen molar-refractivity contribution < 1.29 is 15.1 Å². The molecule has 1 unspecified atom stereocenters. The number of aromatic nitrogens is 1. The lowest BCUT2D eigenvalue weighted by atomic mass is 9.88. The molecule has 0 fully saturated rings. The van der Waals surface area contributed by atoms with Crippen molar-refractivity contribution >= 4 is 16.8 Å². The number of aliphatic hydroxyl groups is 1. The highest BCUT2D eigenvalue weighted by molar-refractivity contribution is 5.87. The van der Waals surface area contributed by atoms with Crippen molar-refractivity contribution in [2.45, 2.75) is 25.8 Å². The lowest BCUT2D eigenvalue weighted by Gasteiger charge is -2.22. The summed E-state index contributed by atoms with van der Waals surface area (Å²) in [4.78, 5) is 14.4. The minimum absolute atomic E-state index is 0.0195. The number of rotatable bonds is 8. The summed E-state index contributed by atoms with van der Waals surface area (Å²) < 4.78 is 0. The third-order valence-electron chi connectivity index (χ3n) is 5.17. The van der Waals surface area contributed by atoms with E-state index < -0.39 is 5.91 Å². The number of hydrogen-bond donors (Lipinski definition) is 5. The first kappa shape index (κ1) is 20.1. The molecule has 1 aliphatic rings. The summed E-state index contributed by atoms with van der Waals surface area (Å²) in [5, 5.41) is 23.0. The Hall–Kier alpha value is -2.67. The van der Waals surface area contributed by atoms with Gasteiger partial charge in [0.1, 0.15) is 0 Å². The van der Waals surface area contributed by atoms with Crippen molar-refractivity contribution in [2.24, 2.45) is 5.92 Å². The van der Waals surface area contributed by atoms with E-state index in [1.807, 2.05) is 24.4 Å². The smallest absolute Gasteiger partial charge is 0.267 e. The molecular weight excluding hydrogens is 354 g/mol. The maximum absolute atomic E-state index is 11.1. The molecule has 1 amide bonds. The number of hydrogen-bond acceptors (Lipinski definition) is 4. The van der Waals surface area contributed by atoms with Gasteiger partial charge in [0, 0.05) is 35.8 Å². The minimum Gasteiger partial charge on any atom is -0.395 e. The second-order valence-electron chi connectivity index (χ2n) is 7.23. The van der Waals surface area contributed by atoms with Gasteiger partial charge >= 0.3 is 0 Å². The van der Waals surface area contributed by atoms with Crippen molar-refractivity contribution in [1.82, 2.24) is 15.8 Å². The first-order chi connectivity index (χ1) is 13.6. The largest absolute Gasteiger partial charge is 0.395 e. The Morgan fingerprint density at radius 3 is 2.93 bits per heavy atom. The van der Waals surface area contributed by atoms with Gasteiger partial charge in [0.15, 0.2) is 0 Å². The third-order valence-corrected chi connectivity index (χ3v) is 5.17. The summed E-state index contributed by atoms with van der Waals surface area (Å²) >= 11 is 0. The van der Waals surface area contributed by atoms with Crippen LogP contribution in [-0.2, 0) is 11.2 Å². The molecule has 1 aromatic heterocycles. The number of para-hydroxylation sites is 1. The molecule has 28 heavy (non-hydrogen) atoms. The minimum atomic E-state index is -0.535. The third kappa shape index (κ3) is 4.98. The van der Waals surface area contributed by atoms with Crippen molar-refractivity contribution in [3.63, 3.8) is 0 Å². The maximum Gasteiger partial charge on any atom is 0.267 e. The zero-order valence-corrected chi connectivity index (χ0v) is 16.0. The van der Waals surface area contributed by atoms with Crippen LogP contribution in [0.3, 0.4) is 0 Å². The Morgan fingerprint density at radius 2 is 2.18 bits per heavy atom. The Morgan fingerprint density at radius 1 is 1.36 bits per heavy atom. The van der Waals surface area contributed by atoms with Crippen LogP contribution in [0, 0.1) is 5.92 Å². The van der Waals surface area contributed by atoms with Gasteiger partial charge in [-0.25, -0.2) is 5.48 Å². The van der Waals surface area contributed by atoms with E-state index in [2.05, 4.69) is 35.4 Å². The van der Waals surface area contributed by atoms with E-state index in [0.717, 1.165) is 23.9 Å². The molecule has 1 heterocycles. The van der Waals surface area contributed by atoms with Crippen molar-refractivity contribution in [1.29, 1.82) is 0 Å². The summed E-state index contributed by atoms with van der Waals surface area (Å²) in [6.45, 7) is 2.89. The van der Waals surface area contributed by atoms with Gasteiger partial charge in [0.2, 0.25) is 0 Å². The maximum atomic E-state index is 11.1. The van der Waals surface area contributed by atoms with Gasteiger partial charge in [-0.1, -0.05) is 48.9 Å². The van der Waals surface area contributed by atoms with Gasteiger partial charge in [-0.2, -0.15) is 0 Å². The fraction of sp³-hybridized carbons (Fsp3) is 0.318. The molecule has 6 nitrogen and oxygen atoms in total. The fourth-order valence-corrected chi connectivity index (χ4v) is 3.56. The number of aliphatic hydroxyl groups excluding tert-OH is 1. The van der Waals surface area contributed by atoms with Gasteiger partial charge in [0.05, 0.1) is 6.61 Å². The zero-order chi connectivity index (χ0) is 19.9. The molecule has 5 N–H and O–H groups in total. The number of nitrogens with one attached hydrogen (secondary N) is 3. The average molecular weight is 381 g/mol. The number of carbonyl (C=O) groups excluding carboxylic acids is 1. The molecule has 3 rings (SSSR count). The lowest BCUT2D eigenvalue weighted by molar-refractivity contribution is -0.124. The van der Waals surface area contributed by atoms with Crippen LogP contribution in [0.2, 0.25) is 0 Å². The van der Waals surface area contributed by atoms with Gasteiger partial charge < -0.3 is 15.4 Å². The molecule has 2 aromatic rings. The van der Waals surface area contributed by atoms with E-state index in [9.17, 15) is 9.90 Å². The Kier molecular flexibility index (Phi) is 6.81. The number of carbonyl (C=O) groups is 1. The van der Waals surface area contributed by atoms with Gasteiger partial charge in [0.25, 0.3) is 5.91 Å². The van der Waals surface area contributed by atoms with Crippen LogP contribution >= 0.6 is 0 Å². The highest BCUT2D eigenvalue weighted by Crippen LogP contribution is 2.25. The second-order valence-corrected chi connectivity index (χ2v) is 7.23. The van der Waals surface area contributed by atoms with E-state index in [-0.39, 0.29) is 18.6 Å². The van der Waals surface area contributed by atoms with Gasteiger partial charge in [-0.05, 0) is 36.0 Å². The molecule has 0 radical (unpaired) electrons. The first-order valence-electron chi connectivity index (χ1n) is 9.51. The molecule has 0 spiro atoms. The molecule has 1 aromatic carbocycles. The van der Waals surface area contributed by atoms with E-state index in [1.165, 1.54) is 22.6 Å². The standard InChI is InChI=1S/C22H27N3O3/c1-15-10-16(6-7-17(15)8-9-22(27)25-28)12-23-19(14-26)11-18-13-24-21-5-3-2-4-20(18)21/h2-9,13,15,19,23-24,26,28H,10-12,14H2,1H3,(H,25,27)/b9-8+/t15?,19-/m1/s1. The quantitative estimate of drug-likeness (QED) is 0.276. The topological polar surface area (TPSA) is 97.4 Å². The van der Waals surface area contributed by atoms with E-state index >= 15 is 0 Å². The number of fused-ring (bicyclic) bond motifs is 1. The number of aromatic amines is 1. The normalized spacial score (nSPS) is 18.2. The van der Waals surface area contributed by atoms with Gasteiger partial charge in [-0.15, -0.1) is 0 Å². The van der Waals surface area contributed by atoms with Crippen LogP contribution in [-0.4, -0.2) is 40.4 Å². The summed E-state index contributed by atoms with van der Waals surface area (Å²) in [7, 11) is 0. The van der Waals surface area contributed by atoms with E-state index in [4.69, 9.17) is 5.21 Å². The predicted molar refractivity (Wildman–Crippen MR) is 110 cm³/mol. The van der Waals surface area contributed by atoms with E-state index in [0.29, 0.717) is 6.54 Å². The van der Waals surface area contributed by atoms with Crippen LogP contribution in [0.25, 0.3) is 10.9 Å². The van der Waals surface area contributed by atoms with Crippen molar-refractivity contribution in [2.75, 3.05) is 13.2 Å². The Bertz CT molecular complexity index is 911. The molecule has 2 atom stereocenters. The Balaban J connectivity index is 1.59. The van der Waals surface area contributed by atoms with Crippen LogP contribution in [0.15, 0.2) is 65.9 Å². The molecule has 0 saturated heterocycles. The number of benzene rings is 1. The molecule has 0 aliphatic heterocycles. The lowest BCUT2D eigenvalue weighted by Crippen LogP contribution is -2.36. The number of H-pyrrole nitrogens is 1. The zero-order valence-electron chi connectivity index (χ0n) is 16.0. The fourth-order valence-electron chi connectivity index (χ4n) is 3.56. The van der Waals surface area contributed by atoms with Crippen LogP contribution < -0.4 is 10.8 Å². The van der Waals surface area contributed by atoms with Crippen molar-refractivity contribution in [3.05, 3.63) is 71.5 Å².